The van der Waals surface area contributed by atoms with Crippen LogP contribution in [-0.4, -0.2) is 44.1 Å². The highest BCUT2D eigenvalue weighted by Crippen LogP contribution is 2.38. The number of halogens is 3. The number of hydrogen-bond donors (Lipinski definition) is 1. The molecule has 27 heavy (non-hydrogen) atoms. The molecule has 5 nitrogen and oxygen atoms in total. The first-order chi connectivity index (χ1) is 12.4. The molecule has 9 heteroatoms. The van der Waals surface area contributed by atoms with Crippen molar-refractivity contribution in [3.8, 4) is 0 Å². The van der Waals surface area contributed by atoms with Gasteiger partial charge in [-0.05, 0) is 43.3 Å². The van der Waals surface area contributed by atoms with Crippen LogP contribution < -0.4 is 4.90 Å². The van der Waals surface area contributed by atoms with Crippen LogP contribution in [0.15, 0.2) is 58.4 Å². The number of amidine groups is 1. The average Bonchev–Trinajstić information content (AvgIpc) is 2.94. The standard InChI is InChI=1S/C18H17F3N2O3S/c1-12-3-7-14(8-4-12)23-11-17(24,18(19,20)21)22-16(23)13-5-9-15(10-6-13)27(2,25)26/h3-10,24H,11H2,1-2H3. The normalized spacial score (nSPS) is 20.7. The summed E-state index contributed by atoms with van der Waals surface area (Å²) in [6.45, 7) is 1.06. The van der Waals surface area contributed by atoms with E-state index in [1.54, 1.807) is 24.3 Å². The lowest BCUT2D eigenvalue weighted by Gasteiger charge is -2.25. The van der Waals surface area contributed by atoms with Gasteiger partial charge in [0.1, 0.15) is 5.84 Å². The van der Waals surface area contributed by atoms with Crippen LogP contribution in [0.1, 0.15) is 11.1 Å². The summed E-state index contributed by atoms with van der Waals surface area (Å²) in [6.07, 6.45) is -3.92. The Morgan fingerprint density at radius 1 is 1.07 bits per heavy atom. The molecule has 0 aromatic heterocycles. The van der Waals surface area contributed by atoms with Crippen LogP contribution in [-0.2, 0) is 9.84 Å². The summed E-state index contributed by atoms with van der Waals surface area (Å²) in [5.74, 6) is -0.0845. The molecule has 0 saturated carbocycles. The molecule has 0 radical (unpaired) electrons. The molecule has 0 saturated heterocycles. The molecule has 1 N–H and O–H groups in total. The molecule has 0 amide bonds. The molecule has 0 spiro atoms. The third kappa shape index (κ3) is 3.70. The van der Waals surface area contributed by atoms with E-state index < -0.39 is 28.3 Å². The SMILES string of the molecule is Cc1ccc(N2CC(O)(C(F)(F)F)N=C2c2ccc(S(C)(=O)=O)cc2)cc1. The van der Waals surface area contributed by atoms with Crippen molar-refractivity contribution in [2.75, 3.05) is 17.7 Å². The second-order valence-electron chi connectivity index (χ2n) is 6.47. The monoisotopic (exact) mass is 398 g/mol. The molecule has 1 unspecified atom stereocenters. The van der Waals surface area contributed by atoms with Crippen molar-refractivity contribution in [1.82, 2.24) is 0 Å². The fraction of sp³-hybridized carbons (Fsp3) is 0.278. The van der Waals surface area contributed by atoms with Crippen molar-refractivity contribution in [1.29, 1.82) is 0 Å². The molecule has 0 fully saturated rings. The molecule has 0 aliphatic carbocycles. The smallest absolute Gasteiger partial charge is 0.361 e. The molecule has 1 aliphatic heterocycles. The summed E-state index contributed by atoms with van der Waals surface area (Å²) in [4.78, 5) is 4.86. The van der Waals surface area contributed by atoms with Gasteiger partial charge in [0.15, 0.2) is 9.84 Å². The quantitative estimate of drug-likeness (QED) is 0.863. The Hall–Kier alpha value is -2.39. The number of sulfone groups is 1. The average molecular weight is 398 g/mol. The molecule has 1 aliphatic rings. The molecule has 2 aromatic rings. The number of alkyl halides is 3. The van der Waals surface area contributed by atoms with E-state index in [-0.39, 0.29) is 16.3 Å². The Morgan fingerprint density at radius 2 is 1.63 bits per heavy atom. The number of aliphatic imine (C=N–C) groups is 1. The lowest BCUT2D eigenvalue weighted by molar-refractivity contribution is -0.249. The van der Waals surface area contributed by atoms with Crippen LogP contribution in [0.25, 0.3) is 0 Å². The maximum absolute atomic E-state index is 13.3. The summed E-state index contributed by atoms with van der Waals surface area (Å²) in [7, 11) is -3.44. The second-order valence-corrected chi connectivity index (χ2v) is 8.48. The highest BCUT2D eigenvalue weighted by atomic mass is 32.2. The first kappa shape index (κ1) is 19.4. The number of hydrogen-bond acceptors (Lipinski definition) is 5. The highest BCUT2D eigenvalue weighted by molar-refractivity contribution is 7.90. The van der Waals surface area contributed by atoms with Crippen LogP contribution in [0.2, 0.25) is 0 Å². The van der Waals surface area contributed by atoms with Gasteiger partial charge in [-0.3, -0.25) is 0 Å². The molecule has 3 rings (SSSR count). The molecule has 0 bridgehead atoms. The molecular formula is C18H17F3N2O3S. The molecule has 1 heterocycles. The zero-order valence-electron chi connectivity index (χ0n) is 14.5. The van der Waals surface area contributed by atoms with Gasteiger partial charge in [-0.15, -0.1) is 0 Å². The summed E-state index contributed by atoms with van der Waals surface area (Å²) >= 11 is 0. The topological polar surface area (TPSA) is 70.0 Å². The third-order valence-electron chi connectivity index (χ3n) is 4.27. The number of rotatable bonds is 3. The summed E-state index contributed by atoms with van der Waals surface area (Å²) in [5, 5.41) is 10.1. The molecular weight excluding hydrogens is 381 g/mol. The van der Waals surface area contributed by atoms with E-state index in [0.29, 0.717) is 5.69 Å². The van der Waals surface area contributed by atoms with Crippen LogP contribution in [0.5, 0.6) is 0 Å². The van der Waals surface area contributed by atoms with E-state index in [0.717, 1.165) is 11.8 Å². The van der Waals surface area contributed by atoms with Gasteiger partial charge >= 0.3 is 6.18 Å². The lowest BCUT2D eigenvalue weighted by Crippen LogP contribution is -2.47. The number of anilines is 1. The van der Waals surface area contributed by atoms with E-state index in [2.05, 4.69) is 4.99 Å². The Balaban J connectivity index is 2.09. The van der Waals surface area contributed by atoms with Crippen molar-refractivity contribution in [2.24, 2.45) is 4.99 Å². The predicted octanol–water partition coefficient (Wildman–Crippen LogP) is 2.92. The lowest BCUT2D eigenvalue weighted by atomic mass is 10.1. The molecule has 144 valence electrons. The van der Waals surface area contributed by atoms with Crippen LogP contribution >= 0.6 is 0 Å². The van der Waals surface area contributed by atoms with Crippen molar-refractivity contribution in [3.05, 3.63) is 59.7 Å². The minimum atomic E-state index is -4.95. The van der Waals surface area contributed by atoms with Gasteiger partial charge in [0.25, 0.3) is 5.72 Å². The van der Waals surface area contributed by atoms with Gasteiger partial charge in [0, 0.05) is 17.5 Å². The maximum atomic E-state index is 13.3. The third-order valence-corrected chi connectivity index (χ3v) is 5.39. The van der Waals surface area contributed by atoms with Gasteiger partial charge < -0.3 is 10.0 Å². The minimum Gasteiger partial charge on any atom is -0.361 e. The number of β-amino-alcohol motifs (C(OH)–C–C–N with tert-alkyl or cyclic N) is 1. The number of aryl methyl sites for hydroxylation is 1. The first-order valence-corrected chi connectivity index (χ1v) is 9.83. The number of nitrogens with zero attached hydrogens (tertiary/aromatic N) is 2. The van der Waals surface area contributed by atoms with Crippen molar-refractivity contribution < 1.29 is 26.7 Å². The van der Waals surface area contributed by atoms with Crippen molar-refractivity contribution in [2.45, 2.75) is 23.7 Å². The summed E-state index contributed by atoms with van der Waals surface area (Å²) < 4.78 is 63.2. The van der Waals surface area contributed by atoms with Gasteiger partial charge in [-0.1, -0.05) is 17.7 Å². The zero-order valence-corrected chi connectivity index (χ0v) is 15.3. The number of aliphatic hydroxyl groups is 1. The van der Waals surface area contributed by atoms with E-state index in [4.69, 9.17) is 0 Å². The highest BCUT2D eigenvalue weighted by Gasteiger charge is 2.58. The Kier molecular flexibility index (Phi) is 4.55. The second kappa shape index (κ2) is 6.35. The van der Waals surface area contributed by atoms with Crippen LogP contribution in [0, 0.1) is 6.92 Å². The number of benzene rings is 2. The Labute approximate surface area is 154 Å². The van der Waals surface area contributed by atoms with Crippen LogP contribution in [0.3, 0.4) is 0 Å². The molecule has 2 aromatic carbocycles. The van der Waals surface area contributed by atoms with E-state index >= 15 is 0 Å². The Morgan fingerprint density at radius 3 is 2.11 bits per heavy atom. The largest absolute Gasteiger partial charge is 0.440 e. The minimum absolute atomic E-state index is 0.0396. The fourth-order valence-corrected chi connectivity index (χ4v) is 3.36. The van der Waals surface area contributed by atoms with E-state index in [1.807, 2.05) is 6.92 Å². The maximum Gasteiger partial charge on any atom is 0.440 e. The summed E-state index contributed by atoms with van der Waals surface area (Å²) in [5.41, 5.74) is -1.61. The van der Waals surface area contributed by atoms with Crippen molar-refractivity contribution in [3.63, 3.8) is 0 Å². The Bertz CT molecular complexity index is 984. The van der Waals surface area contributed by atoms with Crippen molar-refractivity contribution >= 4 is 21.4 Å². The summed E-state index contributed by atoms with van der Waals surface area (Å²) in [6, 6.07) is 12.1. The van der Waals surface area contributed by atoms with E-state index in [1.165, 1.54) is 29.2 Å². The molecule has 1 atom stereocenters. The first-order valence-electron chi connectivity index (χ1n) is 7.94. The fourth-order valence-electron chi connectivity index (χ4n) is 2.73. The van der Waals surface area contributed by atoms with Gasteiger partial charge in [-0.2, -0.15) is 13.2 Å². The van der Waals surface area contributed by atoms with Gasteiger partial charge in [-0.25, -0.2) is 13.4 Å². The van der Waals surface area contributed by atoms with Gasteiger partial charge in [0.05, 0.1) is 11.4 Å². The van der Waals surface area contributed by atoms with Gasteiger partial charge in [0.2, 0.25) is 0 Å². The predicted molar refractivity (Wildman–Crippen MR) is 95.6 cm³/mol. The zero-order chi connectivity index (χ0) is 20.0. The van der Waals surface area contributed by atoms with E-state index in [9.17, 15) is 26.7 Å². The van der Waals surface area contributed by atoms with Crippen LogP contribution in [0.4, 0.5) is 18.9 Å².